The molecule has 3 fully saturated rings. The summed E-state index contributed by atoms with van der Waals surface area (Å²) in [6.07, 6.45) is 1.52. The summed E-state index contributed by atoms with van der Waals surface area (Å²) < 4.78 is 5.08. The fraction of sp³-hybridized carbons (Fsp3) is 0.600. The van der Waals surface area contributed by atoms with Gasteiger partial charge in [0.1, 0.15) is 11.4 Å². The Labute approximate surface area is 139 Å². The van der Waals surface area contributed by atoms with Crippen molar-refractivity contribution in [2.24, 2.45) is 0 Å². The maximum Gasteiger partial charge on any atom is 0.242 e. The Morgan fingerprint density at radius 2 is 1.35 bits per heavy atom. The molecule has 4 aliphatic rings. The molecule has 0 atom stereocenters. The molecule has 4 rings (SSSR count). The smallest absolute Gasteiger partial charge is 0.242 e. The van der Waals surface area contributed by atoms with Gasteiger partial charge in [0.05, 0.1) is 5.70 Å². The van der Waals surface area contributed by atoms with Gasteiger partial charge in [0, 0.05) is 45.3 Å². The molecular formula is C15H24BN3O3Si. The highest BCUT2D eigenvalue weighted by Crippen LogP contribution is 2.33. The molecule has 3 heterocycles. The summed E-state index contributed by atoms with van der Waals surface area (Å²) in [6.45, 7) is 11.9. The Morgan fingerprint density at radius 3 is 1.74 bits per heavy atom. The van der Waals surface area contributed by atoms with Gasteiger partial charge < -0.3 is 19.0 Å². The Morgan fingerprint density at radius 1 is 0.913 bits per heavy atom. The van der Waals surface area contributed by atoms with Crippen LogP contribution in [0, 0.1) is 0 Å². The minimum absolute atomic E-state index is 0.00546. The van der Waals surface area contributed by atoms with E-state index in [-0.39, 0.29) is 11.6 Å². The average Bonchev–Trinajstić information content (AvgIpc) is 3.34. The lowest BCUT2D eigenvalue weighted by molar-refractivity contribution is -0.117. The van der Waals surface area contributed by atoms with Crippen molar-refractivity contribution in [1.29, 1.82) is 0 Å². The largest absolute Gasteiger partial charge is 0.483 e. The molecule has 0 N–H and O–H groups in total. The van der Waals surface area contributed by atoms with Crippen LogP contribution in [0.2, 0.25) is 19.6 Å². The molecule has 6 nitrogen and oxygen atoms in total. The van der Waals surface area contributed by atoms with Gasteiger partial charge in [-0.25, -0.2) is 0 Å². The third-order valence-electron chi connectivity index (χ3n) is 4.10. The van der Waals surface area contributed by atoms with Crippen LogP contribution >= 0.6 is 0 Å². The first-order valence-electron chi connectivity index (χ1n) is 8.17. The summed E-state index contributed by atoms with van der Waals surface area (Å²) in [5, 5.41) is 0. The minimum Gasteiger partial charge on any atom is -0.483 e. The zero-order valence-electron chi connectivity index (χ0n) is 14.4. The number of nitrogens with zero attached hydrogens (tertiary/aromatic N) is 3. The highest BCUT2D eigenvalue weighted by Gasteiger charge is 2.43. The molecule has 0 bridgehead atoms. The second-order valence-electron chi connectivity index (χ2n) is 7.20. The molecule has 0 spiro atoms. The summed E-state index contributed by atoms with van der Waals surface area (Å²) in [7, 11) is 0.639. The quantitative estimate of drug-likeness (QED) is 0.395. The Kier molecular flexibility index (Phi) is 4.14. The number of hydrogen-bond donors (Lipinski definition) is 0. The van der Waals surface area contributed by atoms with Gasteiger partial charge in [-0.1, -0.05) is 0 Å². The van der Waals surface area contributed by atoms with Gasteiger partial charge in [-0.2, -0.15) is 0 Å². The summed E-state index contributed by atoms with van der Waals surface area (Å²) in [6, 6.07) is 0. The Balaban J connectivity index is 0.000000227. The number of hydrogen-bond acceptors (Lipinski definition) is 6. The van der Waals surface area contributed by atoms with E-state index >= 15 is 0 Å². The highest BCUT2D eigenvalue weighted by molar-refractivity contribution is 6.72. The lowest BCUT2D eigenvalue weighted by Crippen LogP contribution is -2.29. The van der Waals surface area contributed by atoms with Gasteiger partial charge in [-0.15, -0.1) is 0 Å². The fourth-order valence-corrected chi connectivity index (χ4v) is 2.28. The number of carbonyl (C=O) groups is 2. The van der Waals surface area contributed by atoms with E-state index in [1.54, 1.807) is 8.05 Å². The van der Waals surface area contributed by atoms with E-state index in [4.69, 9.17) is 4.34 Å². The van der Waals surface area contributed by atoms with Crippen molar-refractivity contribution in [3.63, 3.8) is 0 Å². The van der Waals surface area contributed by atoms with Gasteiger partial charge >= 0.3 is 0 Å². The number of ketones is 2. The molecule has 0 saturated carbocycles. The predicted molar refractivity (Wildman–Crippen MR) is 92.8 cm³/mol. The van der Waals surface area contributed by atoms with Crippen LogP contribution in [-0.2, 0) is 13.9 Å². The van der Waals surface area contributed by atoms with E-state index < -0.39 is 8.32 Å². The van der Waals surface area contributed by atoms with Crippen LogP contribution in [0.25, 0.3) is 0 Å². The zero-order valence-corrected chi connectivity index (χ0v) is 15.4. The molecule has 0 unspecified atom stereocenters. The first kappa shape index (κ1) is 16.3. The van der Waals surface area contributed by atoms with Crippen LogP contribution in [-0.4, -0.2) is 81.9 Å². The second kappa shape index (κ2) is 5.83. The highest BCUT2D eigenvalue weighted by atomic mass is 28.4. The van der Waals surface area contributed by atoms with Crippen LogP contribution in [0.4, 0.5) is 0 Å². The lowest BCUT2D eigenvalue weighted by atomic mass is 10.0. The monoisotopic (exact) mass is 333 g/mol. The van der Waals surface area contributed by atoms with Crippen LogP contribution in [0.15, 0.2) is 23.2 Å². The maximum atomic E-state index is 12.4. The molecular weight excluding hydrogens is 309 g/mol. The molecule has 124 valence electrons. The lowest BCUT2D eigenvalue weighted by Gasteiger charge is -2.21. The number of allylic oxidation sites excluding steroid dienone is 1. The van der Waals surface area contributed by atoms with Crippen molar-refractivity contribution in [3.8, 4) is 0 Å². The van der Waals surface area contributed by atoms with Gasteiger partial charge in [0.25, 0.3) is 0 Å². The van der Waals surface area contributed by atoms with Crippen LogP contribution < -0.4 is 0 Å². The van der Waals surface area contributed by atoms with Crippen molar-refractivity contribution >= 4 is 27.9 Å². The number of carbonyl (C=O) groups excluding carboxylic acids is 2. The number of Topliss-reactive ketones (excluding diaryl/α,β-unsaturated/α-hetero) is 1. The third kappa shape index (κ3) is 3.87. The van der Waals surface area contributed by atoms with E-state index in [1.165, 1.54) is 6.08 Å². The van der Waals surface area contributed by atoms with Gasteiger partial charge in [-0.3, -0.25) is 9.59 Å². The third-order valence-corrected chi connectivity index (χ3v) is 5.33. The summed E-state index contributed by atoms with van der Waals surface area (Å²) in [4.78, 5) is 30.5. The van der Waals surface area contributed by atoms with E-state index in [2.05, 4.69) is 19.6 Å². The van der Waals surface area contributed by atoms with Crippen molar-refractivity contribution < 1.29 is 13.9 Å². The summed E-state index contributed by atoms with van der Waals surface area (Å²) in [5.74, 6) is 0.0485. The van der Waals surface area contributed by atoms with E-state index in [1.807, 2.05) is 14.7 Å². The molecule has 0 aromatic rings. The standard InChI is InChI=1S/C12H13N3O2.C3H11BOSi/c16-9-7-8(13-1-2-13)12(17)11(15-5-6-15)10(9)14-3-4-14;1-6(2,3)5-4/h7H,1-6H2;4H2,1-3H3. The molecule has 3 aliphatic heterocycles. The summed E-state index contributed by atoms with van der Waals surface area (Å²) in [5.41, 5.74) is 1.89. The summed E-state index contributed by atoms with van der Waals surface area (Å²) >= 11 is 0. The fourth-order valence-electron chi connectivity index (χ4n) is 2.28. The SMILES string of the molecule is BO[Si](C)(C)C.O=C1C=C(N2CC2)C(=O)C(N2CC2)=C1N1CC1. The first-order valence-corrected chi connectivity index (χ1v) is 11.6. The predicted octanol–water partition coefficient (Wildman–Crippen LogP) is -0.433. The van der Waals surface area contributed by atoms with E-state index in [0.717, 1.165) is 39.3 Å². The minimum atomic E-state index is -1.13. The van der Waals surface area contributed by atoms with Crippen molar-refractivity contribution in [2.75, 3.05) is 39.3 Å². The maximum absolute atomic E-state index is 12.4. The molecule has 0 radical (unpaired) electrons. The van der Waals surface area contributed by atoms with Crippen molar-refractivity contribution in [3.05, 3.63) is 23.2 Å². The zero-order chi connectivity index (χ0) is 16.8. The van der Waals surface area contributed by atoms with Crippen LogP contribution in [0.3, 0.4) is 0 Å². The van der Waals surface area contributed by atoms with Gasteiger partial charge in [0.2, 0.25) is 19.6 Å². The Hall–Kier alpha value is -1.54. The van der Waals surface area contributed by atoms with Gasteiger partial charge in [-0.05, 0) is 19.6 Å². The topological polar surface area (TPSA) is 52.4 Å². The molecule has 3 saturated heterocycles. The van der Waals surface area contributed by atoms with E-state index in [9.17, 15) is 9.59 Å². The first-order chi connectivity index (χ1) is 10.8. The molecule has 1 aliphatic carbocycles. The molecule has 23 heavy (non-hydrogen) atoms. The average molecular weight is 333 g/mol. The molecule has 0 aromatic carbocycles. The van der Waals surface area contributed by atoms with Crippen LogP contribution in [0.5, 0.6) is 0 Å². The Bertz CT molecular complexity index is 600. The molecule has 0 aromatic heterocycles. The van der Waals surface area contributed by atoms with E-state index in [0.29, 0.717) is 17.1 Å². The molecule has 8 heteroatoms. The van der Waals surface area contributed by atoms with Crippen LogP contribution in [0.1, 0.15) is 0 Å². The van der Waals surface area contributed by atoms with Crippen molar-refractivity contribution in [2.45, 2.75) is 19.6 Å². The molecule has 0 amide bonds. The van der Waals surface area contributed by atoms with Gasteiger partial charge in [0.15, 0.2) is 8.32 Å². The normalized spacial score (nSPS) is 22.7. The second-order valence-corrected chi connectivity index (χ2v) is 11.8. The number of rotatable bonds is 4. The van der Waals surface area contributed by atoms with Crippen molar-refractivity contribution in [1.82, 2.24) is 14.7 Å².